The first-order valence-electron chi connectivity index (χ1n) is 9.22. The summed E-state index contributed by atoms with van der Waals surface area (Å²) in [6, 6.07) is 17.4. The largest absolute Gasteiger partial charge is 0.489 e. The molecule has 148 valence electrons. The highest BCUT2D eigenvalue weighted by Gasteiger charge is 2.29. The maximum atomic E-state index is 12.0. The fourth-order valence-electron chi connectivity index (χ4n) is 3.08. The highest BCUT2D eigenvalue weighted by Crippen LogP contribution is 2.21. The molecular formula is C21H24N2O4S. The predicted octanol–water partition coefficient (Wildman–Crippen LogP) is 2.93. The lowest BCUT2D eigenvalue weighted by molar-refractivity contribution is -0.121. The zero-order valence-electron chi connectivity index (χ0n) is 15.8. The van der Waals surface area contributed by atoms with Crippen LogP contribution in [0.2, 0.25) is 0 Å². The van der Waals surface area contributed by atoms with E-state index in [1.165, 1.54) is 0 Å². The van der Waals surface area contributed by atoms with E-state index in [0.29, 0.717) is 18.7 Å². The highest BCUT2D eigenvalue weighted by atomic mass is 32.2. The molecular weight excluding hydrogens is 376 g/mol. The van der Waals surface area contributed by atoms with Gasteiger partial charge in [0.05, 0.1) is 17.2 Å². The third-order valence-electron chi connectivity index (χ3n) is 4.67. The van der Waals surface area contributed by atoms with E-state index in [2.05, 4.69) is 10.5 Å². The van der Waals surface area contributed by atoms with E-state index in [4.69, 9.17) is 4.74 Å². The third kappa shape index (κ3) is 5.92. The minimum Gasteiger partial charge on any atom is -0.489 e. The summed E-state index contributed by atoms with van der Waals surface area (Å²) in [5.41, 5.74) is 5.16. The van der Waals surface area contributed by atoms with Crippen molar-refractivity contribution in [2.24, 2.45) is 11.0 Å². The molecule has 6 nitrogen and oxygen atoms in total. The lowest BCUT2D eigenvalue weighted by Crippen LogP contribution is -2.22. The molecule has 1 amide bonds. The van der Waals surface area contributed by atoms with E-state index in [0.717, 1.165) is 16.9 Å². The number of carbonyl (C=O) groups is 1. The fraction of sp³-hybridized carbons (Fsp3) is 0.333. The van der Waals surface area contributed by atoms with Crippen LogP contribution in [0.15, 0.2) is 59.7 Å². The summed E-state index contributed by atoms with van der Waals surface area (Å²) in [5, 5.41) is 4.12. The van der Waals surface area contributed by atoms with Crippen molar-refractivity contribution in [3.05, 3.63) is 65.7 Å². The van der Waals surface area contributed by atoms with Gasteiger partial charge in [0.1, 0.15) is 12.4 Å². The molecule has 3 rings (SSSR count). The number of nitrogens with one attached hydrogen (secondary N) is 1. The summed E-state index contributed by atoms with van der Waals surface area (Å²) < 4.78 is 28.7. The normalized spacial score (nSPS) is 18.6. The molecule has 1 aliphatic heterocycles. The van der Waals surface area contributed by atoms with Crippen molar-refractivity contribution < 1.29 is 17.9 Å². The van der Waals surface area contributed by atoms with Crippen molar-refractivity contribution in [2.75, 3.05) is 11.5 Å². The predicted molar refractivity (Wildman–Crippen MR) is 109 cm³/mol. The minimum atomic E-state index is -2.97. The van der Waals surface area contributed by atoms with E-state index in [9.17, 15) is 13.2 Å². The Bertz CT molecular complexity index is 938. The summed E-state index contributed by atoms with van der Waals surface area (Å²) in [6.07, 6.45) is 0.727. The van der Waals surface area contributed by atoms with Crippen LogP contribution in [0, 0.1) is 5.92 Å². The van der Waals surface area contributed by atoms with Gasteiger partial charge in [-0.05, 0) is 54.7 Å². The number of hydrazone groups is 1. The van der Waals surface area contributed by atoms with Gasteiger partial charge in [-0.15, -0.1) is 0 Å². The molecule has 0 spiro atoms. The fourth-order valence-corrected chi connectivity index (χ4v) is 4.95. The first-order chi connectivity index (χ1) is 13.4. The Morgan fingerprint density at radius 1 is 1.14 bits per heavy atom. The Labute approximate surface area is 165 Å². The molecule has 0 bridgehead atoms. The molecule has 0 unspecified atom stereocenters. The minimum absolute atomic E-state index is 0.0908. The van der Waals surface area contributed by atoms with Gasteiger partial charge in [0, 0.05) is 6.42 Å². The van der Waals surface area contributed by atoms with Gasteiger partial charge in [0.25, 0.3) is 0 Å². The molecule has 0 aromatic heterocycles. The van der Waals surface area contributed by atoms with Gasteiger partial charge in [-0.3, -0.25) is 4.79 Å². The summed E-state index contributed by atoms with van der Waals surface area (Å²) in [7, 11) is -2.97. The number of benzene rings is 2. The Balaban J connectivity index is 1.49. The molecule has 0 saturated carbocycles. The van der Waals surface area contributed by atoms with Gasteiger partial charge in [-0.2, -0.15) is 5.10 Å². The number of hydrogen-bond donors (Lipinski definition) is 1. The van der Waals surface area contributed by atoms with Crippen LogP contribution in [0.5, 0.6) is 5.75 Å². The van der Waals surface area contributed by atoms with Crippen molar-refractivity contribution >= 4 is 21.5 Å². The molecule has 1 aliphatic rings. The Morgan fingerprint density at radius 2 is 1.86 bits per heavy atom. The van der Waals surface area contributed by atoms with Crippen LogP contribution in [-0.2, 0) is 21.2 Å². The van der Waals surface area contributed by atoms with Gasteiger partial charge in [-0.1, -0.05) is 30.3 Å². The van der Waals surface area contributed by atoms with E-state index in [-0.39, 0.29) is 29.8 Å². The zero-order chi connectivity index (χ0) is 20.0. The second-order valence-corrected chi connectivity index (χ2v) is 9.23. The number of rotatable bonds is 7. The van der Waals surface area contributed by atoms with Crippen molar-refractivity contribution in [1.29, 1.82) is 0 Å². The number of carbonyl (C=O) groups excluding carboxylic acids is 1. The Hall–Kier alpha value is -2.67. The number of hydrogen-bond acceptors (Lipinski definition) is 5. The molecule has 2 aromatic rings. The number of ether oxygens (including phenoxy) is 1. The number of amides is 1. The molecule has 1 atom stereocenters. The van der Waals surface area contributed by atoms with Crippen LogP contribution < -0.4 is 10.2 Å². The number of nitrogens with zero attached hydrogens (tertiary/aromatic N) is 1. The second kappa shape index (κ2) is 9.01. The smallest absolute Gasteiger partial charge is 0.240 e. The van der Waals surface area contributed by atoms with Gasteiger partial charge in [0.15, 0.2) is 9.84 Å². The van der Waals surface area contributed by atoms with Crippen LogP contribution >= 0.6 is 0 Å². The average Bonchev–Trinajstić information content (AvgIpc) is 3.04. The zero-order valence-corrected chi connectivity index (χ0v) is 16.6. The van der Waals surface area contributed by atoms with Crippen molar-refractivity contribution in [3.8, 4) is 5.75 Å². The molecule has 1 heterocycles. The Morgan fingerprint density at radius 3 is 2.50 bits per heavy atom. The van der Waals surface area contributed by atoms with E-state index < -0.39 is 9.84 Å². The van der Waals surface area contributed by atoms with Crippen LogP contribution in [0.1, 0.15) is 30.9 Å². The molecule has 7 heteroatoms. The molecule has 1 N–H and O–H groups in total. The summed E-state index contributed by atoms with van der Waals surface area (Å²) in [4.78, 5) is 12.0. The lowest BCUT2D eigenvalue weighted by Gasteiger charge is -2.08. The molecule has 0 aliphatic carbocycles. The molecule has 0 radical (unpaired) electrons. The van der Waals surface area contributed by atoms with Gasteiger partial charge in [0.2, 0.25) is 5.91 Å². The van der Waals surface area contributed by atoms with Crippen LogP contribution in [0.4, 0.5) is 0 Å². The molecule has 2 aromatic carbocycles. The van der Waals surface area contributed by atoms with Gasteiger partial charge >= 0.3 is 0 Å². The summed E-state index contributed by atoms with van der Waals surface area (Å²) in [6.45, 7) is 2.31. The van der Waals surface area contributed by atoms with Crippen molar-refractivity contribution in [2.45, 2.75) is 26.4 Å². The molecule has 1 fully saturated rings. The SMILES string of the molecule is C/C(=N/NC(=O)C[C@H]1CCS(=O)(=O)C1)c1ccc(OCc2ccccc2)cc1. The number of sulfone groups is 1. The summed E-state index contributed by atoms with van der Waals surface area (Å²) >= 11 is 0. The van der Waals surface area contributed by atoms with E-state index in [1.54, 1.807) is 6.92 Å². The monoisotopic (exact) mass is 400 g/mol. The Kier molecular flexibility index (Phi) is 6.46. The van der Waals surface area contributed by atoms with E-state index in [1.807, 2.05) is 54.6 Å². The quantitative estimate of drug-likeness (QED) is 0.572. The standard InChI is InChI=1S/C21H24N2O4S/c1-16(22-23-21(24)13-18-11-12-28(25,26)15-18)19-7-9-20(10-8-19)27-14-17-5-3-2-4-6-17/h2-10,18H,11-15H2,1H3,(H,23,24)/b22-16-/t18-/m1/s1. The maximum absolute atomic E-state index is 12.0. The van der Waals surface area contributed by atoms with Crippen molar-refractivity contribution in [3.63, 3.8) is 0 Å². The van der Waals surface area contributed by atoms with Crippen molar-refractivity contribution in [1.82, 2.24) is 5.43 Å². The maximum Gasteiger partial charge on any atom is 0.240 e. The van der Waals surface area contributed by atoms with Crippen LogP contribution in [-0.4, -0.2) is 31.5 Å². The first-order valence-corrected chi connectivity index (χ1v) is 11.0. The van der Waals surface area contributed by atoms with Crippen LogP contribution in [0.3, 0.4) is 0 Å². The van der Waals surface area contributed by atoms with Gasteiger partial charge in [-0.25, -0.2) is 13.8 Å². The molecule has 1 saturated heterocycles. The second-order valence-electron chi connectivity index (χ2n) is 7.00. The lowest BCUT2D eigenvalue weighted by atomic mass is 10.1. The summed E-state index contributed by atoms with van der Waals surface area (Å²) in [5.74, 6) is 0.650. The van der Waals surface area contributed by atoms with Crippen LogP contribution in [0.25, 0.3) is 0 Å². The third-order valence-corrected chi connectivity index (χ3v) is 6.51. The average molecular weight is 401 g/mol. The molecule has 28 heavy (non-hydrogen) atoms. The highest BCUT2D eigenvalue weighted by molar-refractivity contribution is 7.91. The van der Waals surface area contributed by atoms with E-state index >= 15 is 0 Å². The first kappa shape index (κ1) is 20.1. The topological polar surface area (TPSA) is 84.8 Å². The van der Waals surface area contributed by atoms with Gasteiger partial charge < -0.3 is 4.74 Å².